The van der Waals surface area contributed by atoms with Gasteiger partial charge in [-0.05, 0) is 19.9 Å². The van der Waals surface area contributed by atoms with Gasteiger partial charge in [-0.3, -0.25) is 14.5 Å². The number of hydrogen-bond acceptors (Lipinski definition) is 4. The van der Waals surface area contributed by atoms with Crippen molar-refractivity contribution < 1.29 is 14.3 Å². The predicted octanol–water partition coefficient (Wildman–Crippen LogP) is 1.18. The number of methoxy groups -OCH3 is 1. The van der Waals surface area contributed by atoms with Crippen LogP contribution in [0.1, 0.15) is 40.0 Å². The molecule has 1 amide bonds. The molecular weight excluding hydrogens is 232 g/mol. The number of unbranched alkanes of at least 4 members (excludes halogenated alkanes) is 1. The number of rotatable bonds is 9. The molecule has 1 unspecified atom stereocenters. The average Bonchev–Trinajstić information content (AvgIpc) is 2.38. The maximum Gasteiger partial charge on any atom is 0.306 e. The van der Waals surface area contributed by atoms with Crippen LogP contribution in [0.3, 0.4) is 0 Å². The topological polar surface area (TPSA) is 58.6 Å². The molecular formula is C13H26N2O3. The number of ether oxygens (including phenoxy) is 1. The summed E-state index contributed by atoms with van der Waals surface area (Å²) in [5.74, 6) is -0.220. The van der Waals surface area contributed by atoms with Crippen LogP contribution in [0.15, 0.2) is 0 Å². The second kappa shape index (κ2) is 9.88. The summed E-state index contributed by atoms with van der Waals surface area (Å²) in [6, 6.07) is -0.212. The standard InChI is InChI=1S/C13H26N2O3/c1-5-7-9-14-13(17)11(3)15(6-2)10-8-12(16)18-4/h11H,5-10H2,1-4H3,(H,14,17). The Labute approximate surface area is 110 Å². The van der Waals surface area contributed by atoms with Gasteiger partial charge in [-0.25, -0.2) is 0 Å². The fourth-order valence-electron chi connectivity index (χ4n) is 1.66. The minimum atomic E-state index is -0.243. The highest BCUT2D eigenvalue weighted by atomic mass is 16.5. The molecule has 18 heavy (non-hydrogen) atoms. The molecule has 0 aromatic carbocycles. The number of carbonyl (C=O) groups excluding carboxylic acids is 2. The summed E-state index contributed by atoms with van der Waals surface area (Å²) in [6.07, 6.45) is 2.37. The van der Waals surface area contributed by atoms with Crippen molar-refractivity contribution in [1.29, 1.82) is 0 Å². The van der Waals surface area contributed by atoms with Crippen molar-refractivity contribution >= 4 is 11.9 Å². The molecule has 106 valence electrons. The van der Waals surface area contributed by atoms with E-state index in [1.807, 2.05) is 18.7 Å². The van der Waals surface area contributed by atoms with E-state index in [0.717, 1.165) is 19.4 Å². The lowest BCUT2D eigenvalue weighted by Crippen LogP contribution is -2.46. The molecule has 0 bridgehead atoms. The molecule has 5 heteroatoms. The van der Waals surface area contributed by atoms with Crippen molar-refractivity contribution in [3.63, 3.8) is 0 Å². The molecule has 0 rings (SSSR count). The first-order chi connectivity index (χ1) is 8.56. The van der Waals surface area contributed by atoms with Gasteiger partial charge in [-0.2, -0.15) is 0 Å². The number of esters is 1. The molecule has 0 aliphatic rings. The van der Waals surface area contributed by atoms with E-state index >= 15 is 0 Å². The second-order valence-corrected chi connectivity index (χ2v) is 4.28. The molecule has 5 nitrogen and oxygen atoms in total. The first kappa shape index (κ1) is 16.9. The third-order valence-electron chi connectivity index (χ3n) is 2.99. The van der Waals surface area contributed by atoms with Crippen molar-refractivity contribution in [1.82, 2.24) is 10.2 Å². The van der Waals surface area contributed by atoms with E-state index in [9.17, 15) is 9.59 Å². The highest BCUT2D eigenvalue weighted by Gasteiger charge is 2.20. The zero-order valence-electron chi connectivity index (χ0n) is 12.0. The van der Waals surface area contributed by atoms with Crippen LogP contribution in [0.5, 0.6) is 0 Å². The van der Waals surface area contributed by atoms with Gasteiger partial charge in [0.1, 0.15) is 0 Å². The third kappa shape index (κ3) is 6.59. The Bertz CT molecular complexity index is 257. The molecule has 0 radical (unpaired) electrons. The van der Waals surface area contributed by atoms with Gasteiger partial charge in [-0.1, -0.05) is 20.3 Å². The number of nitrogens with one attached hydrogen (secondary N) is 1. The van der Waals surface area contributed by atoms with Crippen LogP contribution in [0, 0.1) is 0 Å². The molecule has 0 fully saturated rings. The van der Waals surface area contributed by atoms with Crippen molar-refractivity contribution in [2.45, 2.75) is 46.1 Å². The van der Waals surface area contributed by atoms with Crippen LogP contribution >= 0.6 is 0 Å². The lowest BCUT2D eigenvalue weighted by atomic mass is 10.2. The highest BCUT2D eigenvalue weighted by Crippen LogP contribution is 2.01. The Morgan fingerprint density at radius 1 is 1.33 bits per heavy atom. The van der Waals surface area contributed by atoms with Crippen LogP contribution < -0.4 is 5.32 Å². The van der Waals surface area contributed by atoms with E-state index in [0.29, 0.717) is 19.5 Å². The second-order valence-electron chi connectivity index (χ2n) is 4.28. The maximum atomic E-state index is 11.9. The van der Waals surface area contributed by atoms with Gasteiger partial charge in [0.2, 0.25) is 5.91 Å². The summed E-state index contributed by atoms with van der Waals surface area (Å²) in [6.45, 7) is 7.93. The van der Waals surface area contributed by atoms with Gasteiger partial charge in [0.25, 0.3) is 0 Å². The molecule has 1 N–H and O–H groups in total. The van der Waals surface area contributed by atoms with Crippen LogP contribution in [-0.2, 0) is 14.3 Å². The molecule has 0 aliphatic carbocycles. The number of hydrogen-bond donors (Lipinski definition) is 1. The Kier molecular flexibility index (Phi) is 9.28. The monoisotopic (exact) mass is 258 g/mol. The zero-order chi connectivity index (χ0) is 14.0. The summed E-state index contributed by atoms with van der Waals surface area (Å²) < 4.78 is 4.60. The fourth-order valence-corrected chi connectivity index (χ4v) is 1.66. The van der Waals surface area contributed by atoms with Gasteiger partial charge in [0.05, 0.1) is 19.6 Å². The predicted molar refractivity (Wildman–Crippen MR) is 71.3 cm³/mol. The summed E-state index contributed by atoms with van der Waals surface area (Å²) in [4.78, 5) is 24.9. The molecule has 1 atom stereocenters. The van der Waals surface area contributed by atoms with E-state index in [1.54, 1.807) is 0 Å². The van der Waals surface area contributed by atoms with E-state index in [-0.39, 0.29) is 17.9 Å². The molecule has 0 saturated carbocycles. The minimum absolute atomic E-state index is 0.0233. The summed E-state index contributed by atoms with van der Waals surface area (Å²) in [5, 5.41) is 2.90. The number of carbonyl (C=O) groups is 2. The molecule has 0 aromatic rings. The first-order valence-corrected chi connectivity index (χ1v) is 6.65. The molecule has 0 aliphatic heterocycles. The minimum Gasteiger partial charge on any atom is -0.469 e. The Morgan fingerprint density at radius 3 is 2.50 bits per heavy atom. The van der Waals surface area contributed by atoms with Gasteiger partial charge in [0.15, 0.2) is 0 Å². The van der Waals surface area contributed by atoms with Crippen molar-refractivity contribution in [2.75, 3.05) is 26.7 Å². The molecule has 0 aromatic heterocycles. The van der Waals surface area contributed by atoms with Crippen LogP contribution in [0.25, 0.3) is 0 Å². The highest BCUT2D eigenvalue weighted by molar-refractivity contribution is 5.81. The largest absolute Gasteiger partial charge is 0.469 e. The molecule has 0 saturated heterocycles. The van der Waals surface area contributed by atoms with E-state index in [1.165, 1.54) is 7.11 Å². The molecule has 0 spiro atoms. The molecule has 0 heterocycles. The number of nitrogens with zero attached hydrogens (tertiary/aromatic N) is 1. The van der Waals surface area contributed by atoms with Crippen LogP contribution in [0.4, 0.5) is 0 Å². The normalized spacial score (nSPS) is 12.3. The lowest BCUT2D eigenvalue weighted by molar-refractivity contribution is -0.141. The summed E-state index contributed by atoms with van der Waals surface area (Å²) in [7, 11) is 1.37. The smallest absolute Gasteiger partial charge is 0.306 e. The van der Waals surface area contributed by atoms with Gasteiger partial charge >= 0.3 is 5.97 Å². The maximum absolute atomic E-state index is 11.9. The Hall–Kier alpha value is -1.10. The number of amides is 1. The summed E-state index contributed by atoms with van der Waals surface area (Å²) >= 11 is 0. The van der Waals surface area contributed by atoms with Gasteiger partial charge < -0.3 is 10.1 Å². The van der Waals surface area contributed by atoms with Gasteiger partial charge in [0, 0.05) is 13.1 Å². The quantitative estimate of drug-likeness (QED) is 0.498. The van der Waals surface area contributed by atoms with E-state index in [4.69, 9.17) is 0 Å². The van der Waals surface area contributed by atoms with E-state index in [2.05, 4.69) is 17.0 Å². The zero-order valence-corrected chi connectivity index (χ0v) is 12.0. The van der Waals surface area contributed by atoms with E-state index < -0.39 is 0 Å². The Balaban J connectivity index is 4.11. The lowest BCUT2D eigenvalue weighted by Gasteiger charge is -2.26. The third-order valence-corrected chi connectivity index (χ3v) is 2.99. The number of likely N-dealkylation sites (N-methyl/N-ethyl adjacent to an activating group) is 1. The average molecular weight is 258 g/mol. The Morgan fingerprint density at radius 2 is 2.00 bits per heavy atom. The van der Waals surface area contributed by atoms with Crippen LogP contribution in [-0.4, -0.2) is 49.6 Å². The van der Waals surface area contributed by atoms with Gasteiger partial charge in [-0.15, -0.1) is 0 Å². The fraction of sp³-hybridized carbons (Fsp3) is 0.846. The van der Waals surface area contributed by atoms with Crippen LogP contribution in [0.2, 0.25) is 0 Å². The summed E-state index contributed by atoms with van der Waals surface area (Å²) in [5.41, 5.74) is 0. The first-order valence-electron chi connectivity index (χ1n) is 6.65. The van der Waals surface area contributed by atoms with Crippen molar-refractivity contribution in [3.8, 4) is 0 Å². The van der Waals surface area contributed by atoms with Crippen molar-refractivity contribution in [3.05, 3.63) is 0 Å². The van der Waals surface area contributed by atoms with Crippen molar-refractivity contribution in [2.24, 2.45) is 0 Å². The SMILES string of the molecule is CCCCNC(=O)C(C)N(CC)CCC(=O)OC.